The predicted molar refractivity (Wildman–Crippen MR) is 101 cm³/mol. The van der Waals surface area contributed by atoms with Crippen molar-refractivity contribution in [1.29, 1.82) is 0 Å². The number of guanidine groups is 1. The van der Waals surface area contributed by atoms with Gasteiger partial charge in [0.2, 0.25) is 0 Å². The van der Waals surface area contributed by atoms with Crippen LogP contribution in [0.2, 0.25) is 0 Å². The summed E-state index contributed by atoms with van der Waals surface area (Å²) in [5.41, 5.74) is 1.74. The van der Waals surface area contributed by atoms with E-state index >= 15 is 0 Å². The molecule has 0 unspecified atom stereocenters. The molecule has 0 radical (unpaired) electrons. The van der Waals surface area contributed by atoms with E-state index in [9.17, 15) is 8.42 Å². The Balaban J connectivity index is 1.70. The van der Waals surface area contributed by atoms with Gasteiger partial charge >= 0.3 is 0 Å². The van der Waals surface area contributed by atoms with Gasteiger partial charge in [-0.25, -0.2) is 8.42 Å². The van der Waals surface area contributed by atoms with Crippen molar-refractivity contribution in [1.82, 2.24) is 15.6 Å². The molecule has 0 spiro atoms. The van der Waals surface area contributed by atoms with Gasteiger partial charge in [-0.1, -0.05) is 36.4 Å². The average Bonchev–Trinajstić information content (AvgIpc) is 2.62. The van der Waals surface area contributed by atoms with Gasteiger partial charge in [0, 0.05) is 19.8 Å². The number of nitrogens with zero attached hydrogens (tertiary/aromatic N) is 2. The molecular formula is C18H24N4O2S. The number of nitrogens with one attached hydrogen (secondary N) is 2. The van der Waals surface area contributed by atoms with Gasteiger partial charge in [0.25, 0.3) is 0 Å². The number of hydrogen-bond acceptors (Lipinski definition) is 4. The second kappa shape index (κ2) is 9.78. The summed E-state index contributed by atoms with van der Waals surface area (Å²) in [6, 6.07) is 15.0. The van der Waals surface area contributed by atoms with Gasteiger partial charge < -0.3 is 10.6 Å². The van der Waals surface area contributed by atoms with E-state index < -0.39 is 9.84 Å². The fourth-order valence-corrected chi connectivity index (χ4v) is 3.73. The van der Waals surface area contributed by atoms with Gasteiger partial charge in [-0.15, -0.1) is 0 Å². The normalized spacial score (nSPS) is 12.0. The number of pyridine rings is 1. The highest BCUT2D eigenvalue weighted by atomic mass is 32.2. The second-order valence-corrected chi connectivity index (χ2v) is 7.79. The van der Waals surface area contributed by atoms with Gasteiger partial charge in [-0.3, -0.25) is 9.98 Å². The lowest BCUT2D eigenvalue weighted by Crippen LogP contribution is -2.37. The van der Waals surface area contributed by atoms with E-state index in [1.54, 1.807) is 13.2 Å². The molecule has 2 rings (SSSR count). The van der Waals surface area contributed by atoms with Crippen LogP contribution in [-0.2, 0) is 22.1 Å². The van der Waals surface area contributed by atoms with Crippen molar-refractivity contribution in [3.8, 4) is 0 Å². The first-order valence-corrected chi connectivity index (χ1v) is 10.00. The van der Waals surface area contributed by atoms with Crippen molar-refractivity contribution in [2.75, 3.05) is 19.3 Å². The van der Waals surface area contributed by atoms with Crippen LogP contribution < -0.4 is 10.6 Å². The summed E-state index contributed by atoms with van der Waals surface area (Å²) in [5.74, 6) is 0.859. The Morgan fingerprint density at radius 3 is 2.52 bits per heavy atom. The maximum atomic E-state index is 12.1. The standard InChI is InChI=1S/C18H24N4O2S/c1-19-18(22-14-17-10-5-6-11-20-17)21-12-7-13-25(23,24)15-16-8-3-2-4-9-16/h2-6,8-11H,7,12-15H2,1H3,(H2,19,21,22). The lowest BCUT2D eigenvalue weighted by atomic mass is 10.2. The molecule has 1 aromatic heterocycles. The van der Waals surface area contributed by atoms with Gasteiger partial charge in [-0.05, 0) is 24.1 Å². The molecule has 0 atom stereocenters. The summed E-state index contributed by atoms with van der Waals surface area (Å²) in [4.78, 5) is 8.35. The highest BCUT2D eigenvalue weighted by Crippen LogP contribution is 2.06. The van der Waals surface area contributed by atoms with E-state index in [4.69, 9.17) is 0 Å². The van der Waals surface area contributed by atoms with Gasteiger partial charge in [-0.2, -0.15) is 0 Å². The van der Waals surface area contributed by atoms with Gasteiger partial charge in [0.05, 0.1) is 23.7 Å². The zero-order valence-electron chi connectivity index (χ0n) is 14.4. The van der Waals surface area contributed by atoms with Crippen molar-refractivity contribution >= 4 is 15.8 Å². The monoisotopic (exact) mass is 360 g/mol. The predicted octanol–water partition coefficient (Wildman–Crippen LogP) is 1.75. The molecule has 0 bridgehead atoms. The number of sulfone groups is 1. The van der Waals surface area contributed by atoms with Crippen molar-refractivity contribution < 1.29 is 8.42 Å². The van der Waals surface area contributed by atoms with Gasteiger partial charge in [0.15, 0.2) is 15.8 Å². The fraction of sp³-hybridized carbons (Fsp3) is 0.333. The second-order valence-electron chi connectivity index (χ2n) is 5.60. The zero-order chi connectivity index (χ0) is 18.0. The summed E-state index contributed by atoms with van der Waals surface area (Å²) in [6.45, 7) is 1.10. The van der Waals surface area contributed by atoms with Crippen molar-refractivity contribution in [3.63, 3.8) is 0 Å². The number of hydrogen-bond donors (Lipinski definition) is 2. The molecule has 2 N–H and O–H groups in total. The third kappa shape index (κ3) is 7.34. The van der Waals surface area contributed by atoms with Crippen LogP contribution in [0.1, 0.15) is 17.7 Å². The Kier molecular flexibility index (Phi) is 7.40. The Morgan fingerprint density at radius 2 is 1.84 bits per heavy atom. The highest BCUT2D eigenvalue weighted by molar-refractivity contribution is 7.90. The number of aromatic nitrogens is 1. The Hall–Kier alpha value is -2.41. The molecule has 0 aliphatic carbocycles. The molecule has 6 nitrogen and oxygen atoms in total. The summed E-state index contributed by atoms with van der Waals surface area (Å²) in [7, 11) is -1.42. The van der Waals surface area contributed by atoms with Crippen LogP contribution in [0.5, 0.6) is 0 Å². The van der Waals surface area contributed by atoms with E-state index in [0.717, 1.165) is 11.3 Å². The molecular weight excluding hydrogens is 336 g/mol. The maximum absolute atomic E-state index is 12.1. The van der Waals surface area contributed by atoms with Crippen LogP contribution in [-0.4, -0.2) is 38.7 Å². The third-order valence-electron chi connectivity index (χ3n) is 3.54. The molecule has 134 valence electrons. The maximum Gasteiger partial charge on any atom is 0.191 e. The average molecular weight is 360 g/mol. The van der Waals surface area contributed by atoms with E-state index in [1.165, 1.54) is 0 Å². The molecule has 0 amide bonds. The van der Waals surface area contributed by atoms with Crippen LogP contribution in [0.3, 0.4) is 0 Å². The first-order chi connectivity index (χ1) is 12.1. The summed E-state index contributed by atoms with van der Waals surface area (Å²) in [5, 5.41) is 6.27. The zero-order valence-corrected chi connectivity index (χ0v) is 15.2. The smallest absolute Gasteiger partial charge is 0.191 e. The number of aliphatic imine (C=N–C) groups is 1. The summed E-state index contributed by atoms with van der Waals surface area (Å²) >= 11 is 0. The summed E-state index contributed by atoms with van der Waals surface area (Å²) < 4.78 is 24.3. The largest absolute Gasteiger partial charge is 0.356 e. The molecule has 0 aliphatic rings. The molecule has 2 aromatic rings. The number of benzene rings is 1. The quantitative estimate of drug-likeness (QED) is 0.426. The van der Waals surface area contributed by atoms with Crippen molar-refractivity contribution in [2.45, 2.75) is 18.7 Å². The highest BCUT2D eigenvalue weighted by Gasteiger charge is 2.11. The first-order valence-electron chi connectivity index (χ1n) is 8.18. The van der Waals surface area contributed by atoms with Crippen LogP contribution in [0.25, 0.3) is 0 Å². The van der Waals surface area contributed by atoms with Crippen LogP contribution >= 0.6 is 0 Å². The van der Waals surface area contributed by atoms with Crippen LogP contribution in [0.4, 0.5) is 0 Å². The Morgan fingerprint density at radius 1 is 1.08 bits per heavy atom. The molecule has 0 saturated carbocycles. The summed E-state index contributed by atoms with van der Waals surface area (Å²) in [6.07, 6.45) is 2.27. The van der Waals surface area contributed by atoms with Crippen molar-refractivity contribution in [2.24, 2.45) is 4.99 Å². The minimum atomic E-state index is -3.10. The topological polar surface area (TPSA) is 83.5 Å². The number of rotatable bonds is 8. The molecule has 1 heterocycles. The molecule has 25 heavy (non-hydrogen) atoms. The lowest BCUT2D eigenvalue weighted by molar-refractivity contribution is 0.591. The molecule has 0 aliphatic heterocycles. The van der Waals surface area contributed by atoms with E-state index in [-0.39, 0.29) is 11.5 Å². The molecule has 0 fully saturated rings. The van der Waals surface area contributed by atoms with Gasteiger partial charge in [0.1, 0.15) is 0 Å². The minimum absolute atomic E-state index is 0.0838. The Labute approximate surface area is 149 Å². The lowest BCUT2D eigenvalue weighted by Gasteiger charge is -2.11. The van der Waals surface area contributed by atoms with E-state index in [1.807, 2.05) is 48.5 Å². The van der Waals surface area contributed by atoms with Crippen molar-refractivity contribution in [3.05, 3.63) is 66.0 Å². The van der Waals surface area contributed by atoms with E-state index in [2.05, 4.69) is 20.6 Å². The Bertz CT molecular complexity index is 762. The van der Waals surface area contributed by atoms with E-state index in [0.29, 0.717) is 25.5 Å². The first kappa shape index (κ1) is 18.9. The fourth-order valence-electron chi connectivity index (χ4n) is 2.30. The molecule has 1 aromatic carbocycles. The minimum Gasteiger partial charge on any atom is -0.356 e. The SMILES string of the molecule is CN=C(NCCCS(=O)(=O)Cc1ccccc1)NCc1ccccn1. The molecule has 0 saturated heterocycles. The molecule has 7 heteroatoms. The third-order valence-corrected chi connectivity index (χ3v) is 5.22. The van der Waals surface area contributed by atoms with Crippen LogP contribution in [0.15, 0.2) is 59.7 Å². The van der Waals surface area contributed by atoms with Crippen LogP contribution in [0, 0.1) is 0 Å².